The number of carbonyl (C=O) groups is 1. The van der Waals surface area contributed by atoms with Gasteiger partial charge in [0.15, 0.2) is 0 Å². The van der Waals surface area contributed by atoms with Crippen molar-refractivity contribution in [3.8, 4) is 0 Å². The number of amides is 1. The number of carbonyl (C=O) groups excluding carboxylic acids is 1. The van der Waals surface area contributed by atoms with Crippen LogP contribution in [-0.4, -0.2) is 55.8 Å². The lowest BCUT2D eigenvalue weighted by atomic mass is 10.1. The van der Waals surface area contributed by atoms with Crippen molar-refractivity contribution >= 4 is 44.1 Å². The van der Waals surface area contributed by atoms with Gasteiger partial charge in [0.2, 0.25) is 9.84 Å². The number of piperazine rings is 1. The standard InChI is InChI=1S/C25H30ClN3O4S/c1-17-6-8-19(34(31,32)23-16-27(5)21-9-7-18(26)14-20(21)23)15-22(17)28-10-12-29(13-11-28)24(30)33-25(2,3)4/h6-9,14-16H,10-13H2,1-5H3. The van der Waals surface area contributed by atoms with Crippen LogP contribution in [0, 0.1) is 6.92 Å². The van der Waals surface area contributed by atoms with E-state index in [0.29, 0.717) is 36.6 Å². The van der Waals surface area contributed by atoms with Gasteiger partial charge >= 0.3 is 6.09 Å². The van der Waals surface area contributed by atoms with Crippen molar-refractivity contribution in [2.75, 3.05) is 31.1 Å². The highest BCUT2D eigenvalue weighted by Crippen LogP contribution is 2.34. The molecule has 0 atom stereocenters. The Kier molecular flexibility index (Phi) is 6.33. The Morgan fingerprint density at radius 2 is 1.71 bits per heavy atom. The summed E-state index contributed by atoms with van der Waals surface area (Å²) >= 11 is 6.17. The molecule has 0 spiro atoms. The van der Waals surface area contributed by atoms with Gasteiger partial charge in [-0.25, -0.2) is 13.2 Å². The predicted molar refractivity (Wildman–Crippen MR) is 135 cm³/mol. The summed E-state index contributed by atoms with van der Waals surface area (Å²) in [5, 5.41) is 1.09. The maximum Gasteiger partial charge on any atom is 0.410 e. The number of sulfone groups is 1. The summed E-state index contributed by atoms with van der Waals surface area (Å²) < 4.78 is 34.6. The van der Waals surface area contributed by atoms with E-state index in [9.17, 15) is 13.2 Å². The smallest absolute Gasteiger partial charge is 0.410 e. The van der Waals surface area contributed by atoms with E-state index in [0.717, 1.165) is 16.8 Å². The molecule has 3 aromatic rings. The van der Waals surface area contributed by atoms with Crippen molar-refractivity contribution in [3.05, 3.63) is 53.2 Å². The zero-order valence-corrected chi connectivity index (χ0v) is 21.7. The largest absolute Gasteiger partial charge is 0.444 e. The number of rotatable bonds is 3. The lowest BCUT2D eigenvalue weighted by molar-refractivity contribution is 0.0240. The molecule has 1 aliphatic rings. The average Bonchev–Trinajstić information content (AvgIpc) is 3.09. The topological polar surface area (TPSA) is 71.9 Å². The maximum absolute atomic E-state index is 13.6. The van der Waals surface area contributed by atoms with Crippen molar-refractivity contribution in [2.24, 2.45) is 7.05 Å². The van der Waals surface area contributed by atoms with E-state index in [2.05, 4.69) is 4.90 Å². The first-order valence-electron chi connectivity index (χ1n) is 11.2. The third kappa shape index (κ3) is 4.74. The van der Waals surface area contributed by atoms with E-state index < -0.39 is 15.4 Å². The Hall–Kier alpha value is -2.71. The zero-order valence-electron chi connectivity index (χ0n) is 20.1. The molecule has 4 rings (SSSR count). The number of aryl methyl sites for hydroxylation is 2. The van der Waals surface area contributed by atoms with E-state index in [1.807, 2.05) is 46.9 Å². The molecule has 2 heterocycles. The normalized spacial score (nSPS) is 15.1. The molecule has 1 amide bonds. The summed E-state index contributed by atoms with van der Waals surface area (Å²) in [6, 6.07) is 10.5. The number of anilines is 1. The Balaban J connectivity index is 1.61. The van der Waals surface area contributed by atoms with Gasteiger partial charge < -0.3 is 19.1 Å². The highest BCUT2D eigenvalue weighted by Gasteiger charge is 2.28. The van der Waals surface area contributed by atoms with Crippen molar-refractivity contribution in [1.82, 2.24) is 9.47 Å². The van der Waals surface area contributed by atoms with E-state index >= 15 is 0 Å². The summed E-state index contributed by atoms with van der Waals surface area (Å²) in [7, 11) is -1.96. The molecule has 0 unspecified atom stereocenters. The number of benzene rings is 2. The summed E-state index contributed by atoms with van der Waals surface area (Å²) in [5.74, 6) is 0. The van der Waals surface area contributed by atoms with Gasteiger partial charge in [-0.2, -0.15) is 0 Å². The molecule has 0 aliphatic carbocycles. The second-order valence-corrected chi connectivity index (χ2v) is 12.0. The molecule has 0 bridgehead atoms. The molecule has 2 aromatic carbocycles. The van der Waals surface area contributed by atoms with Crippen LogP contribution < -0.4 is 4.90 Å². The number of fused-ring (bicyclic) bond motifs is 1. The summed E-state index contributed by atoms with van der Waals surface area (Å²) in [5.41, 5.74) is 2.08. The highest BCUT2D eigenvalue weighted by atomic mass is 35.5. The zero-order chi connectivity index (χ0) is 24.8. The Morgan fingerprint density at radius 1 is 1.03 bits per heavy atom. The van der Waals surface area contributed by atoms with Crippen LogP contribution in [0.25, 0.3) is 10.9 Å². The number of aromatic nitrogens is 1. The van der Waals surface area contributed by atoms with Crippen molar-refractivity contribution in [3.63, 3.8) is 0 Å². The third-order valence-electron chi connectivity index (χ3n) is 5.97. The Bertz CT molecular complexity index is 1350. The number of hydrogen-bond donors (Lipinski definition) is 0. The van der Waals surface area contributed by atoms with Gasteiger partial charge in [-0.1, -0.05) is 17.7 Å². The van der Waals surface area contributed by atoms with Crippen molar-refractivity contribution < 1.29 is 17.9 Å². The van der Waals surface area contributed by atoms with Crippen LogP contribution in [0.15, 0.2) is 52.4 Å². The van der Waals surface area contributed by atoms with E-state index in [4.69, 9.17) is 16.3 Å². The maximum atomic E-state index is 13.6. The number of ether oxygens (including phenoxy) is 1. The molecular weight excluding hydrogens is 474 g/mol. The molecule has 9 heteroatoms. The van der Waals surface area contributed by atoms with Crippen LogP contribution in [-0.2, 0) is 21.6 Å². The van der Waals surface area contributed by atoms with Crippen LogP contribution in [0.5, 0.6) is 0 Å². The molecule has 0 saturated carbocycles. The van der Waals surface area contributed by atoms with Gasteiger partial charge in [0.25, 0.3) is 0 Å². The molecule has 182 valence electrons. The lowest BCUT2D eigenvalue weighted by Crippen LogP contribution is -2.50. The lowest BCUT2D eigenvalue weighted by Gasteiger charge is -2.37. The van der Waals surface area contributed by atoms with Crippen LogP contribution in [0.4, 0.5) is 10.5 Å². The minimum atomic E-state index is -3.77. The fraction of sp³-hybridized carbons (Fsp3) is 0.400. The van der Waals surface area contributed by atoms with Gasteiger partial charge in [-0.05, 0) is 63.6 Å². The summed E-state index contributed by atoms with van der Waals surface area (Å²) in [6.07, 6.45) is 1.31. The first kappa shape index (κ1) is 24.4. The van der Waals surface area contributed by atoms with Crippen molar-refractivity contribution in [1.29, 1.82) is 0 Å². The van der Waals surface area contributed by atoms with Crippen LogP contribution in [0.2, 0.25) is 5.02 Å². The van der Waals surface area contributed by atoms with E-state index in [1.165, 1.54) is 0 Å². The van der Waals surface area contributed by atoms with E-state index in [1.54, 1.807) is 39.9 Å². The molecule has 0 N–H and O–H groups in total. The highest BCUT2D eigenvalue weighted by molar-refractivity contribution is 7.91. The van der Waals surface area contributed by atoms with Gasteiger partial charge in [-0.3, -0.25) is 0 Å². The average molecular weight is 504 g/mol. The Labute approximate surface area is 205 Å². The predicted octanol–water partition coefficient (Wildman–Crippen LogP) is 5.03. The summed E-state index contributed by atoms with van der Waals surface area (Å²) in [6.45, 7) is 9.70. The fourth-order valence-electron chi connectivity index (χ4n) is 4.22. The molecular formula is C25H30ClN3O4S. The van der Waals surface area contributed by atoms with Gasteiger partial charge in [0.05, 0.1) is 9.79 Å². The second kappa shape index (κ2) is 8.82. The van der Waals surface area contributed by atoms with Gasteiger partial charge in [-0.15, -0.1) is 0 Å². The number of hydrogen-bond acceptors (Lipinski definition) is 5. The first-order chi connectivity index (χ1) is 15.9. The van der Waals surface area contributed by atoms with Gasteiger partial charge in [0, 0.05) is 61.0 Å². The molecule has 0 radical (unpaired) electrons. The quantitative estimate of drug-likeness (QED) is 0.501. The Morgan fingerprint density at radius 3 is 2.35 bits per heavy atom. The molecule has 1 aromatic heterocycles. The molecule has 7 nitrogen and oxygen atoms in total. The van der Waals surface area contributed by atoms with E-state index in [-0.39, 0.29) is 15.9 Å². The second-order valence-electron chi connectivity index (χ2n) is 9.67. The molecule has 1 fully saturated rings. The molecule has 34 heavy (non-hydrogen) atoms. The molecule has 1 aliphatic heterocycles. The minimum Gasteiger partial charge on any atom is -0.444 e. The van der Waals surface area contributed by atoms with Gasteiger partial charge in [0.1, 0.15) is 5.60 Å². The number of nitrogens with zero attached hydrogens (tertiary/aromatic N) is 3. The van der Waals surface area contributed by atoms with Crippen LogP contribution in [0.1, 0.15) is 26.3 Å². The van der Waals surface area contributed by atoms with Crippen LogP contribution in [0.3, 0.4) is 0 Å². The third-order valence-corrected chi connectivity index (χ3v) is 7.98. The van der Waals surface area contributed by atoms with Crippen LogP contribution >= 0.6 is 11.6 Å². The minimum absolute atomic E-state index is 0.232. The SMILES string of the molecule is Cc1ccc(S(=O)(=O)c2cn(C)c3ccc(Cl)cc23)cc1N1CCN(C(=O)OC(C)(C)C)CC1. The monoisotopic (exact) mass is 503 g/mol. The first-order valence-corrected chi connectivity index (χ1v) is 13.1. The number of halogens is 1. The summed E-state index contributed by atoms with van der Waals surface area (Å²) in [4.78, 5) is 16.7. The van der Waals surface area contributed by atoms with Crippen molar-refractivity contribution in [2.45, 2.75) is 43.1 Å². The molecule has 1 saturated heterocycles. The fourth-order valence-corrected chi connectivity index (χ4v) is 5.91.